The van der Waals surface area contributed by atoms with Crippen LogP contribution in [0.15, 0.2) is 41.2 Å². The zero-order valence-electron chi connectivity index (χ0n) is 9.09. The molecule has 0 saturated heterocycles. The highest BCUT2D eigenvalue weighted by atomic mass is 16.5. The summed E-state index contributed by atoms with van der Waals surface area (Å²) < 4.78 is 10.3. The van der Waals surface area contributed by atoms with Crippen LogP contribution in [0.2, 0.25) is 0 Å². The maximum Gasteiger partial charge on any atom is 0.135 e. The van der Waals surface area contributed by atoms with E-state index < -0.39 is 0 Å². The van der Waals surface area contributed by atoms with Crippen molar-refractivity contribution in [2.45, 2.75) is 6.61 Å². The third-order valence-electron chi connectivity index (χ3n) is 2.07. The van der Waals surface area contributed by atoms with Crippen molar-refractivity contribution in [2.24, 2.45) is 0 Å². The Kier molecular flexibility index (Phi) is 3.79. The maximum atomic E-state index is 8.66. The van der Waals surface area contributed by atoms with E-state index in [-0.39, 0.29) is 6.61 Å². The molecule has 0 aliphatic heterocycles. The summed E-state index contributed by atoms with van der Waals surface area (Å²) in [5.41, 5.74) is 1.60. The smallest absolute Gasteiger partial charge is 0.135 e. The standard InChI is InChI=1S/C13H11NO3/c15-7-3-5-12-4-1-2-6-13(12)16-9-11-8-14-17-10-11/h1-2,4,6,8,10,15H,7,9H2. The predicted molar refractivity (Wildman–Crippen MR) is 61.2 cm³/mol. The molecule has 1 aromatic carbocycles. The molecule has 0 spiro atoms. The van der Waals surface area contributed by atoms with Gasteiger partial charge in [0, 0.05) is 5.56 Å². The van der Waals surface area contributed by atoms with Gasteiger partial charge in [-0.2, -0.15) is 0 Å². The van der Waals surface area contributed by atoms with Crippen molar-refractivity contribution in [1.29, 1.82) is 0 Å². The van der Waals surface area contributed by atoms with Crippen molar-refractivity contribution >= 4 is 0 Å². The highest BCUT2D eigenvalue weighted by Gasteiger charge is 2.01. The molecule has 1 N–H and O–H groups in total. The van der Waals surface area contributed by atoms with E-state index in [1.54, 1.807) is 6.20 Å². The molecule has 4 nitrogen and oxygen atoms in total. The molecule has 0 atom stereocenters. The van der Waals surface area contributed by atoms with Crippen LogP contribution in [0.1, 0.15) is 11.1 Å². The monoisotopic (exact) mass is 229 g/mol. The van der Waals surface area contributed by atoms with Crippen LogP contribution in [-0.2, 0) is 6.61 Å². The van der Waals surface area contributed by atoms with E-state index >= 15 is 0 Å². The lowest BCUT2D eigenvalue weighted by molar-refractivity contribution is 0.303. The van der Waals surface area contributed by atoms with Gasteiger partial charge in [-0.3, -0.25) is 0 Å². The van der Waals surface area contributed by atoms with Crippen LogP contribution in [0, 0.1) is 11.8 Å². The molecule has 0 aliphatic rings. The van der Waals surface area contributed by atoms with Crippen LogP contribution in [0.5, 0.6) is 5.75 Å². The van der Waals surface area contributed by atoms with Gasteiger partial charge in [-0.1, -0.05) is 29.1 Å². The molecule has 0 aliphatic carbocycles. The quantitative estimate of drug-likeness (QED) is 0.812. The van der Waals surface area contributed by atoms with E-state index in [0.29, 0.717) is 12.4 Å². The van der Waals surface area contributed by atoms with Crippen LogP contribution < -0.4 is 4.74 Å². The van der Waals surface area contributed by atoms with Gasteiger partial charge in [-0.05, 0) is 12.1 Å². The molecule has 0 unspecified atom stereocenters. The fourth-order valence-electron chi connectivity index (χ4n) is 1.29. The van der Waals surface area contributed by atoms with Crippen molar-refractivity contribution in [2.75, 3.05) is 6.61 Å². The molecule has 2 rings (SSSR count). The van der Waals surface area contributed by atoms with Gasteiger partial charge in [0.15, 0.2) is 0 Å². The van der Waals surface area contributed by atoms with Gasteiger partial charge in [-0.15, -0.1) is 0 Å². The van der Waals surface area contributed by atoms with E-state index in [1.807, 2.05) is 24.3 Å². The Morgan fingerprint density at radius 1 is 1.35 bits per heavy atom. The number of ether oxygens (including phenoxy) is 1. The first-order chi connectivity index (χ1) is 8.40. The first-order valence-corrected chi connectivity index (χ1v) is 5.10. The summed E-state index contributed by atoms with van der Waals surface area (Å²) in [4.78, 5) is 0. The summed E-state index contributed by atoms with van der Waals surface area (Å²) in [6.07, 6.45) is 3.13. The van der Waals surface area contributed by atoms with E-state index in [1.165, 1.54) is 6.26 Å². The number of benzene rings is 1. The van der Waals surface area contributed by atoms with Gasteiger partial charge in [0.2, 0.25) is 0 Å². The number of aromatic nitrogens is 1. The fraction of sp³-hybridized carbons (Fsp3) is 0.154. The lowest BCUT2D eigenvalue weighted by Gasteiger charge is -2.06. The third-order valence-corrected chi connectivity index (χ3v) is 2.07. The van der Waals surface area contributed by atoms with Crippen LogP contribution >= 0.6 is 0 Å². The Morgan fingerprint density at radius 2 is 2.24 bits per heavy atom. The topological polar surface area (TPSA) is 55.5 Å². The molecular formula is C13H11NO3. The number of aliphatic hydroxyl groups is 1. The fourth-order valence-corrected chi connectivity index (χ4v) is 1.29. The summed E-state index contributed by atoms with van der Waals surface area (Å²) in [7, 11) is 0. The van der Waals surface area contributed by atoms with Crippen LogP contribution in [-0.4, -0.2) is 16.9 Å². The lowest BCUT2D eigenvalue weighted by atomic mass is 10.2. The largest absolute Gasteiger partial charge is 0.487 e. The summed E-state index contributed by atoms with van der Waals surface area (Å²) in [6, 6.07) is 7.40. The van der Waals surface area contributed by atoms with E-state index in [2.05, 4.69) is 17.0 Å². The van der Waals surface area contributed by atoms with Gasteiger partial charge in [0.25, 0.3) is 0 Å². The number of aliphatic hydroxyl groups excluding tert-OH is 1. The second-order valence-electron chi connectivity index (χ2n) is 3.28. The Labute approximate surface area is 98.8 Å². The average Bonchev–Trinajstić information content (AvgIpc) is 2.88. The zero-order valence-corrected chi connectivity index (χ0v) is 9.09. The molecule has 86 valence electrons. The molecule has 0 amide bonds. The van der Waals surface area contributed by atoms with Crippen LogP contribution in [0.4, 0.5) is 0 Å². The van der Waals surface area contributed by atoms with Crippen molar-refractivity contribution in [3.63, 3.8) is 0 Å². The number of hydrogen-bond donors (Lipinski definition) is 1. The van der Waals surface area contributed by atoms with Crippen LogP contribution in [0.3, 0.4) is 0 Å². The third kappa shape index (κ3) is 3.10. The van der Waals surface area contributed by atoms with Gasteiger partial charge in [0.05, 0.1) is 11.8 Å². The second-order valence-corrected chi connectivity index (χ2v) is 3.28. The zero-order chi connectivity index (χ0) is 11.9. The first-order valence-electron chi connectivity index (χ1n) is 5.10. The van der Waals surface area contributed by atoms with E-state index in [4.69, 9.17) is 14.4 Å². The second kappa shape index (κ2) is 5.73. The molecule has 0 bridgehead atoms. The SMILES string of the molecule is OCC#Cc1ccccc1OCc1cnoc1. The van der Waals surface area contributed by atoms with Gasteiger partial charge < -0.3 is 14.4 Å². The lowest BCUT2D eigenvalue weighted by Crippen LogP contribution is -1.95. The van der Waals surface area contributed by atoms with Crippen molar-refractivity contribution in [1.82, 2.24) is 5.16 Å². The van der Waals surface area contributed by atoms with Gasteiger partial charge in [-0.25, -0.2) is 0 Å². The highest BCUT2D eigenvalue weighted by Crippen LogP contribution is 2.18. The van der Waals surface area contributed by atoms with Crippen molar-refractivity contribution in [3.05, 3.63) is 47.9 Å². The number of hydrogen-bond acceptors (Lipinski definition) is 4. The Morgan fingerprint density at radius 3 is 3.00 bits per heavy atom. The van der Waals surface area contributed by atoms with Gasteiger partial charge in [0.1, 0.15) is 25.2 Å². The first kappa shape index (κ1) is 11.2. The predicted octanol–water partition coefficient (Wildman–Crippen LogP) is 1.60. The average molecular weight is 229 g/mol. The normalized spacial score (nSPS) is 9.47. The molecule has 1 heterocycles. The minimum Gasteiger partial charge on any atom is -0.487 e. The molecule has 1 aromatic heterocycles. The van der Waals surface area contributed by atoms with Crippen LogP contribution in [0.25, 0.3) is 0 Å². The number of rotatable bonds is 3. The minimum absolute atomic E-state index is 0.167. The maximum absolute atomic E-state index is 8.66. The van der Waals surface area contributed by atoms with Crippen molar-refractivity contribution < 1.29 is 14.4 Å². The summed E-state index contributed by atoms with van der Waals surface area (Å²) in [6.45, 7) is 0.210. The number of para-hydroxylation sites is 1. The Hall–Kier alpha value is -2.25. The molecule has 2 aromatic rings. The molecule has 17 heavy (non-hydrogen) atoms. The Bertz CT molecular complexity index is 523. The summed E-state index contributed by atoms with van der Waals surface area (Å²) in [5, 5.41) is 12.3. The molecule has 0 fully saturated rings. The molecule has 0 saturated carbocycles. The van der Waals surface area contributed by atoms with Gasteiger partial charge >= 0.3 is 0 Å². The minimum atomic E-state index is -0.167. The molecule has 4 heteroatoms. The number of nitrogens with zero attached hydrogens (tertiary/aromatic N) is 1. The highest BCUT2D eigenvalue weighted by molar-refractivity contribution is 5.45. The summed E-state index contributed by atoms with van der Waals surface area (Å²) in [5.74, 6) is 6.10. The summed E-state index contributed by atoms with van der Waals surface area (Å²) >= 11 is 0. The van der Waals surface area contributed by atoms with E-state index in [0.717, 1.165) is 11.1 Å². The van der Waals surface area contributed by atoms with Crippen molar-refractivity contribution in [3.8, 4) is 17.6 Å². The Balaban J connectivity index is 2.09. The van der Waals surface area contributed by atoms with E-state index in [9.17, 15) is 0 Å². The molecular weight excluding hydrogens is 218 g/mol. The molecule has 0 radical (unpaired) electrons.